The molecule has 1 aliphatic rings. The second-order valence-electron chi connectivity index (χ2n) is 5.14. The van der Waals surface area contributed by atoms with Crippen LogP contribution in [0.3, 0.4) is 0 Å². The summed E-state index contributed by atoms with van der Waals surface area (Å²) in [5.74, 6) is 0. The molecule has 0 fully saturated rings. The van der Waals surface area contributed by atoms with Gasteiger partial charge in [0.15, 0.2) is 6.04 Å². The lowest BCUT2D eigenvalue weighted by Gasteiger charge is -2.27. The molecule has 3 nitrogen and oxygen atoms in total. The Morgan fingerprint density at radius 2 is 2.06 bits per heavy atom. The first-order chi connectivity index (χ1) is 7.59. The van der Waals surface area contributed by atoms with Crippen LogP contribution < -0.4 is 15.1 Å². The molecule has 0 saturated carbocycles. The molecule has 0 bridgehead atoms. The molecule has 0 amide bonds. The average Bonchev–Trinajstić information content (AvgIpc) is 2.27. The van der Waals surface area contributed by atoms with Gasteiger partial charge in [0.1, 0.15) is 13.1 Å². The van der Waals surface area contributed by atoms with Gasteiger partial charge in [-0.25, -0.2) is 0 Å². The van der Waals surface area contributed by atoms with Gasteiger partial charge in [0.25, 0.3) is 0 Å². The fourth-order valence-corrected chi connectivity index (χ4v) is 2.47. The zero-order valence-electron chi connectivity index (χ0n) is 10.7. The zero-order chi connectivity index (χ0) is 11.7. The summed E-state index contributed by atoms with van der Waals surface area (Å²) in [5.41, 5.74) is 4.35. The average molecular weight is 221 g/mol. The van der Waals surface area contributed by atoms with Gasteiger partial charge in [-0.05, 0) is 12.1 Å². The first-order valence-corrected chi connectivity index (χ1v) is 6.01. The number of hydrogen-bond acceptors (Lipinski definition) is 1. The largest absolute Gasteiger partial charge is 0.378 e. The van der Waals surface area contributed by atoms with Crippen molar-refractivity contribution in [2.45, 2.75) is 12.6 Å². The third-order valence-corrected chi connectivity index (χ3v) is 3.48. The third-order valence-electron chi connectivity index (χ3n) is 3.48. The molecule has 2 rings (SSSR count). The van der Waals surface area contributed by atoms with Gasteiger partial charge >= 0.3 is 0 Å². The number of fused-ring (bicyclic) bond motifs is 1. The number of nitrogens with one attached hydrogen (secondary N) is 1. The summed E-state index contributed by atoms with van der Waals surface area (Å²) in [6, 6.07) is 7.52. The van der Waals surface area contributed by atoms with E-state index in [1.54, 1.807) is 0 Å². The van der Waals surface area contributed by atoms with Gasteiger partial charge in [0, 0.05) is 30.9 Å². The number of quaternary nitrogens is 2. The maximum absolute atomic E-state index is 2.42. The monoisotopic (exact) mass is 221 g/mol. The van der Waals surface area contributed by atoms with Crippen molar-refractivity contribution in [1.29, 1.82) is 0 Å². The Kier molecular flexibility index (Phi) is 3.17. The molecule has 0 unspecified atom stereocenters. The van der Waals surface area contributed by atoms with Crippen LogP contribution in [0.5, 0.6) is 0 Å². The SMILES string of the molecule is CN(C)c1ccc2c(c1)C[NH2+]C[C@H]2[NH+](C)C. The van der Waals surface area contributed by atoms with E-state index in [-0.39, 0.29) is 0 Å². The highest BCUT2D eigenvalue weighted by molar-refractivity contribution is 5.50. The van der Waals surface area contributed by atoms with Gasteiger partial charge in [0.05, 0.1) is 14.1 Å². The molecule has 88 valence electrons. The molecule has 1 heterocycles. The van der Waals surface area contributed by atoms with E-state index < -0.39 is 0 Å². The molecular weight excluding hydrogens is 198 g/mol. The van der Waals surface area contributed by atoms with E-state index >= 15 is 0 Å². The van der Waals surface area contributed by atoms with E-state index in [9.17, 15) is 0 Å². The topological polar surface area (TPSA) is 24.3 Å². The molecule has 0 spiro atoms. The number of nitrogens with two attached hydrogens (primary N) is 1. The van der Waals surface area contributed by atoms with Crippen LogP contribution in [-0.4, -0.2) is 34.7 Å². The molecule has 3 heteroatoms. The minimum absolute atomic E-state index is 0.639. The quantitative estimate of drug-likeness (QED) is 0.659. The predicted octanol–water partition coefficient (Wildman–Crippen LogP) is -0.985. The fraction of sp³-hybridized carbons (Fsp3) is 0.538. The Labute approximate surface area is 98.0 Å². The van der Waals surface area contributed by atoms with Gasteiger partial charge in [-0.3, -0.25) is 0 Å². The molecule has 0 radical (unpaired) electrons. The van der Waals surface area contributed by atoms with Crippen molar-refractivity contribution in [1.82, 2.24) is 0 Å². The number of anilines is 1. The number of likely N-dealkylation sites (N-methyl/N-ethyl adjacent to an activating group) is 1. The lowest BCUT2D eigenvalue weighted by atomic mass is 9.95. The first kappa shape index (κ1) is 11.4. The van der Waals surface area contributed by atoms with Gasteiger partial charge in [0.2, 0.25) is 0 Å². The third kappa shape index (κ3) is 2.06. The summed E-state index contributed by atoms with van der Waals surface area (Å²) >= 11 is 0. The lowest BCUT2D eigenvalue weighted by Crippen LogP contribution is -3.10. The van der Waals surface area contributed by atoms with E-state index in [2.05, 4.69) is 56.6 Å². The summed E-state index contributed by atoms with van der Waals surface area (Å²) in [5, 5.41) is 2.42. The first-order valence-electron chi connectivity index (χ1n) is 6.01. The van der Waals surface area contributed by atoms with Crippen LogP contribution in [0, 0.1) is 0 Å². The summed E-state index contributed by atoms with van der Waals surface area (Å²) in [7, 11) is 8.69. The second kappa shape index (κ2) is 4.44. The molecule has 1 aliphatic heterocycles. The number of hydrogen-bond donors (Lipinski definition) is 2. The molecular formula is C13H23N3+2. The second-order valence-corrected chi connectivity index (χ2v) is 5.14. The summed E-state index contributed by atoms with van der Waals surface area (Å²) < 4.78 is 0. The summed E-state index contributed by atoms with van der Waals surface area (Å²) in [6.45, 7) is 2.33. The standard InChI is InChI=1S/C13H21N3/c1-15(2)11-5-6-12-10(7-11)8-14-9-13(12)16(3)4/h5-7,13-14H,8-9H2,1-4H3/p+2/t13-/m1/s1. The van der Waals surface area contributed by atoms with Crippen molar-refractivity contribution >= 4 is 5.69 Å². The zero-order valence-corrected chi connectivity index (χ0v) is 10.7. The summed E-state index contributed by atoms with van der Waals surface area (Å²) in [6.07, 6.45) is 0. The van der Waals surface area contributed by atoms with E-state index in [0.29, 0.717) is 6.04 Å². The molecule has 1 aromatic carbocycles. The molecule has 1 aromatic rings. The van der Waals surface area contributed by atoms with Gasteiger partial charge < -0.3 is 15.1 Å². The highest BCUT2D eigenvalue weighted by Crippen LogP contribution is 2.22. The summed E-state index contributed by atoms with van der Waals surface area (Å²) in [4.78, 5) is 3.70. The predicted molar refractivity (Wildman–Crippen MR) is 66.8 cm³/mol. The normalized spacial score (nSPS) is 19.7. The Morgan fingerprint density at radius 1 is 1.31 bits per heavy atom. The van der Waals surface area contributed by atoms with Crippen LogP contribution in [0.15, 0.2) is 18.2 Å². The van der Waals surface area contributed by atoms with E-state index in [0.717, 1.165) is 6.54 Å². The highest BCUT2D eigenvalue weighted by Gasteiger charge is 2.27. The van der Waals surface area contributed by atoms with E-state index in [4.69, 9.17) is 0 Å². The Balaban J connectivity index is 2.37. The molecule has 1 atom stereocenters. The maximum Gasteiger partial charge on any atom is 0.163 e. The number of nitrogens with zero attached hydrogens (tertiary/aromatic N) is 1. The minimum Gasteiger partial charge on any atom is -0.378 e. The smallest absolute Gasteiger partial charge is 0.163 e. The van der Waals surface area contributed by atoms with Gasteiger partial charge in [-0.15, -0.1) is 0 Å². The molecule has 0 aliphatic carbocycles. The van der Waals surface area contributed by atoms with E-state index in [1.165, 1.54) is 28.3 Å². The van der Waals surface area contributed by atoms with Crippen LogP contribution >= 0.6 is 0 Å². The van der Waals surface area contributed by atoms with Crippen LogP contribution in [-0.2, 0) is 6.54 Å². The van der Waals surface area contributed by atoms with Crippen LogP contribution in [0.25, 0.3) is 0 Å². The van der Waals surface area contributed by atoms with Crippen molar-refractivity contribution in [3.8, 4) is 0 Å². The van der Waals surface area contributed by atoms with Crippen molar-refractivity contribution in [3.63, 3.8) is 0 Å². The van der Waals surface area contributed by atoms with Gasteiger partial charge in [-0.2, -0.15) is 0 Å². The minimum atomic E-state index is 0.639. The maximum atomic E-state index is 2.42. The van der Waals surface area contributed by atoms with Crippen LogP contribution in [0.1, 0.15) is 17.2 Å². The van der Waals surface area contributed by atoms with Crippen molar-refractivity contribution in [2.75, 3.05) is 39.6 Å². The molecule has 16 heavy (non-hydrogen) atoms. The fourth-order valence-electron chi connectivity index (χ4n) is 2.47. The Bertz CT molecular complexity index is 371. The van der Waals surface area contributed by atoms with Crippen LogP contribution in [0.4, 0.5) is 5.69 Å². The van der Waals surface area contributed by atoms with Crippen LogP contribution in [0.2, 0.25) is 0 Å². The lowest BCUT2D eigenvalue weighted by molar-refractivity contribution is -0.912. The van der Waals surface area contributed by atoms with Gasteiger partial charge in [-0.1, -0.05) is 6.07 Å². The molecule has 0 saturated heterocycles. The van der Waals surface area contributed by atoms with E-state index in [1.807, 2.05) is 0 Å². The van der Waals surface area contributed by atoms with Crippen molar-refractivity contribution < 1.29 is 10.2 Å². The molecule has 3 N–H and O–H groups in total. The highest BCUT2D eigenvalue weighted by atomic mass is 15.1. The Hall–Kier alpha value is -1.06. The van der Waals surface area contributed by atoms with Crippen molar-refractivity contribution in [2.24, 2.45) is 0 Å². The Morgan fingerprint density at radius 3 is 2.69 bits per heavy atom. The number of rotatable bonds is 2. The number of benzene rings is 1. The van der Waals surface area contributed by atoms with Crippen molar-refractivity contribution in [3.05, 3.63) is 29.3 Å². The molecule has 0 aromatic heterocycles.